The minimum absolute atomic E-state index is 0.327. The summed E-state index contributed by atoms with van der Waals surface area (Å²) in [6, 6.07) is 12.9. The van der Waals surface area contributed by atoms with E-state index >= 15 is 0 Å². The summed E-state index contributed by atoms with van der Waals surface area (Å²) in [4.78, 5) is 12.0. The minimum atomic E-state index is 0.327. The Morgan fingerprint density at radius 3 is 2.83 bits per heavy atom. The number of aromatic amines is 1. The molecule has 5 nitrogen and oxygen atoms in total. The second-order valence-electron chi connectivity index (χ2n) is 5.00. The summed E-state index contributed by atoms with van der Waals surface area (Å²) in [6.07, 6.45) is 3.38. The Balaban J connectivity index is 1.55. The van der Waals surface area contributed by atoms with E-state index in [1.165, 1.54) is 0 Å². The Labute approximate surface area is 136 Å². The van der Waals surface area contributed by atoms with Crippen molar-refractivity contribution in [2.24, 2.45) is 0 Å². The fourth-order valence-electron chi connectivity index (χ4n) is 2.28. The standard InChI is InChI=1S/C17H12ClN3O2/c18-12-3-5-13(6-4-12)23-10-16-20-14-8-11(9-19-17(14)21-16)15-2-1-7-22-15/h1-9H,10H2,(H,19,20,21). The first-order valence-corrected chi connectivity index (χ1v) is 7.42. The quantitative estimate of drug-likeness (QED) is 0.602. The van der Waals surface area contributed by atoms with Crippen molar-refractivity contribution < 1.29 is 9.15 Å². The summed E-state index contributed by atoms with van der Waals surface area (Å²) >= 11 is 5.85. The van der Waals surface area contributed by atoms with Gasteiger partial charge < -0.3 is 14.1 Å². The Kier molecular flexibility index (Phi) is 3.48. The summed E-state index contributed by atoms with van der Waals surface area (Å²) in [5.41, 5.74) is 2.39. The average molecular weight is 326 g/mol. The van der Waals surface area contributed by atoms with Gasteiger partial charge in [-0.2, -0.15) is 0 Å². The normalized spacial score (nSPS) is 11.0. The second-order valence-corrected chi connectivity index (χ2v) is 5.43. The molecule has 1 aromatic carbocycles. The SMILES string of the molecule is Clc1ccc(OCc2nc3ncc(-c4ccco4)cc3[nH]2)cc1. The van der Waals surface area contributed by atoms with Crippen molar-refractivity contribution in [2.45, 2.75) is 6.61 Å². The molecular weight excluding hydrogens is 314 g/mol. The number of rotatable bonds is 4. The molecule has 0 radical (unpaired) electrons. The second kappa shape index (κ2) is 5.78. The van der Waals surface area contributed by atoms with E-state index in [0.717, 1.165) is 22.6 Å². The predicted octanol–water partition coefficient (Wildman–Crippen LogP) is 4.45. The first kappa shape index (κ1) is 13.8. The average Bonchev–Trinajstić information content (AvgIpc) is 3.23. The number of furan rings is 1. The van der Waals surface area contributed by atoms with Gasteiger partial charge in [-0.25, -0.2) is 9.97 Å². The number of nitrogens with zero attached hydrogens (tertiary/aromatic N) is 2. The van der Waals surface area contributed by atoms with E-state index in [1.54, 1.807) is 24.6 Å². The fourth-order valence-corrected chi connectivity index (χ4v) is 2.40. The molecule has 0 aliphatic carbocycles. The van der Waals surface area contributed by atoms with Gasteiger partial charge in [0.2, 0.25) is 0 Å². The molecule has 23 heavy (non-hydrogen) atoms. The lowest BCUT2D eigenvalue weighted by Gasteiger charge is -2.03. The van der Waals surface area contributed by atoms with E-state index in [9.17, 15) is 0 Å². The van der Waals surface area contributed by atoms with Crippen LogP contribution in [0.4, 0.5) is 0 Å². The van der Waals surface area contributed by atoms with Crippen molar-refractivity contribution in [2.75, 3.05) is 0 Å². The number of hydrogen-bond donors (Lipinski definition) is 1. The topological polar surface area (TPSA) is 63.9 Å². The van der Waals surface area contributed by atoms with Crippen LogP contribution >= 0.6 is 11.6 Å². The van der Waals surface area contributed by atoms with Crippen molar-refractivity contribution in [1.29, 1.82) is 0 Å². The van der Waals surface area contributed by atoms with Gasteiger partial charge in [0, 0.05) is 16.8 Å². The minimum Gasteiger partial charge on any atom is -0.486 e. The van der Waals surface area contributed by atoms with E-state index in [2.05, 4.69) is 15.0 Å². The zero-order chi connectivity index (χ0) is 15.6. The zero-order valence-corrected chi connectivity index (χ0v) is 12.7. The summed E-state index contributed by atoms with van der Waals surface area (Å²) < 4.78 is 11.1. The first-order chi connectivity index (χ1) is 11.3. The fraction of sp³-hybridized carbons (Fsp3) is 0.0588. The van der Waals surface area contributed by atoms with Crippen LogP contribution in [0, 0.1) is 0 Å². The number of imidazole rings is 1. The van der Waals surface area contributed by atoms with Crippen LogP contribution in [-0.4, -0.2) is 15.0 Å². The van der Waals surface area contributed by atoms with Gasteiger partial charge in [0.1, 0.15) is 23.9 Å². The highest BCUT2D eigenvalue weighted by Gasteiger charge is 2.08. The highest BCUT2D eigenvalue weighted by molar-refractivity contribution is 6.30. The number of ether oxygens (including phenoxy) is 1. The van der Waals surface area contributed by atoms with Crippen LogP contribution in [0.5, 0.6) is 5.75 Å². The number of hydrogen-bond acceptors (Lipinski definition) is 4. The summed E-state index contributed by atoms with van der Waals surface area (Å²) in [5.74, 6) is 2.21. The molecule has 0 saturated heterocycles. The number of halogens is 1. The Morgan fingerprint density at radius 1 is 1.17 bits per heavy atom. The van der Waals surface area contributed by atoms with Crippen LogP contribution in [0.2, 0.25) is 5.02 Å². The molecule has 3 heterocycles. The van der Waals surface area contributed by atoms with Crippen molar-refractivity contribution in [3.05, 3.63) is 65.8 Å². The molecule has 0 atom stereocenters. The zero-order valence-electron chi connectivity index (χ0n) is 12.0. The molecule has 6 heteroatoms. The van der Waals surface area contributed by atoms with E-state index in [0.29, 0.717) is 23.1 Å². The van der Waals surface area contributed by atoms with E-state index in [1.807, 2.05) is 30.3 Å². The van der Waals surface area contributed by atoms with Crippen molar-refractivity contribution in [1.82, 2.24) is 15.0 Å². The van der Waals surface area contributed by atoms with Gasteiger partial charge >= 0.3 is 0 Å². The largest absolute Gasteiger partial charge is 0.486 e. The Bertz CT molecular complexity index is 930. The first-order valence-electron chi connectivity index (χ1n) is 7.05. The number of aromatic nitrogens is 3. The molecular formula is C17H12ClN3O2. The lowest BCUT2D eigenvalue weighted by Crippen LogP contribution is -1.97. The van der Waals surface area contributed by atoms with Crippen LogP contribution in [-0.2, 0) is 6.61 Å². The molecule has 0 spiro atoms. The van der Waals surface area contributed by atoms with Crippen LogP contribution in [0.1, 0.15) is 5.82 Å². The van der Waals surface area contributed by atoms with Crippen molar-refractivity contribution in [3.8, 4) is 17.1 Å². The molecule has 0 aliphatic rings. The molecule has 4 rings (SSSR count). The van der Waals surface area contributed by atoms with Gasteiger partial charge in [0.25, 0.3) is 0 Å². The number of pyridine rings is 1. The third-order valence-electron chi connectivity index (χ3n) is 3.38. The van der Waals surface area contributed by atoms with Crippen LogP contribution in [0.3, 0.4) is 0 Å². The molecule has 0 saturated carbocycles. The maximum Gasteiger partial charge on any atom is 0.177 e. The third-order valence-corrected chi connectivity index (χ3v) is 3.63. The lowest BCUT2D eigenvalue weighted by atomic mass is 10.2. The van der Waals surface area contributed by atoms with Crippen LogP contribution in [0.25, 0.3) is 22.5 Å². The summed E-state index contributed by atoms with van der Waals surface area (Å²) in [5, 5.41) is 0.677. The van der Waals surface area contributed by atoms with E-state index in [4.69, 9.17) is 20.8 Å². The molecule has 0 fully saturated rings. The molecule has 1 N–H and O–H groups in total. The van der Waals surface area contributed by atoms with Gasteiger partial charge in [-0.1, -0.05) is 11.6 Å². The van der Waals surface area contributed by atoms with Gasteiger partial charge in [0.15, 0.2) is 5.65 Å². The Morgan fingerprint density at radius 2 is 2.04 bits per heavy atom. The van der Waals surface area contributed by atoms with E-state index in [-0.39, 0.29) is 0 Å². The predicted molar refractivity (Wildman–Crippen MR) is 87.4 cm³/mol. The molecule has 0 bridgehead atoms. The van der Waals surface area contributed by atoms with Crippen molar-refractivity contribution >= 4 is 22.8 Å². The third kappa shape index (κ3) is 2.91. The lowest BCUT2D eigenvalue weighted by molar-refractivity contribution is 0.297. The molecule has 3 aromatic heterocycles. The summed E-state index contributed by atoms with van der Waals surface area (Å²) in [6.45, 7) is 0.327. The number of H-pyrrole nitrogens is 1. The highest BCUT2D eigenvalue weighted by Crippen LogP contribution is 2.22. The number of nitrogens with one attached hydrogen (secondary N) is 1. The van der Waals surface area contributed by atoms with Gasteiger partial charge in [0.05, 0.1) is 11.8 Å². The molecule has 0 amide bonds. The van der Waals surface area contributed by atoms with E-state index < -0.39 is 0 Å². The number of benzene rings is 1. The van der Waals surface area contributed by atoms with Crippen LogP contribution < -0.4 is 4.74 Å². The summed E-state index contributed by atoms with van der Waals surface area (Å²) in [7, 11) is 0. The monoisotopic (exact) mass is 325 g/mol. The van der Waals surface area contributed by atoms with Gasteiger partial charge in [-0.15, -0.1) is 0 Å². The number of fused-ring (bicyclic) bond motifs is 1. The maximum atomic E-state index is 5.85. The molecule has 0 aliphatic heterocycles. The van der Waals surface area contributed by atoms with Gasteiger partial charge in [-0.05, 0) is 42.5 Å². The maximum absolute atomic E-state index is 5.85. The molecule has 0 unspecified atom stereocenters. The van der Waals surface area contributed by atoms with Crippen LogP contribution in [0.15, 0.2) is 59.3 Å². The van der Waals surface area contributed by atoms with Crippen molar-refractivity contribution in [3.63, 3.8) is 0 Å². The molecule has 4 aromatic rings. The molecule has 114 valence electrons. The smallest absolute Gasteiger partial charge is 0.177 e. The van der Waals surface area contributed by atoms with Gasteiger partial charge in [-0.3, -0.25) is 0 Å². The highest BCUT2D eigenvalue weighted by atomic mass is 35.5. The Hall–Kier alpha value is -2.79.